The van der Waals surface area contributed by atoms with Crippen molar-refractivity contribution in [1.29, 1.82) is 0 Å². The highest BCUT2D eigenvalue weighted by molar-refractivity contribution is 4.93. The van der Waals surface area contributed by atoms with Crippen molar-refractivity contribution in [3.63, 3.8) is 0 Å². The third-order valence-corrected chi connectivity index (χ3v) is 3.41. The molecule has 0 aliphatic heterocycles. The fourth-order valence-electron chi connectivity index (χ4n) is 1.76. The van der Waals surface area contributed by atoms with E-state index in [0.29, 0.717) is 6.04 Å². The number of aromatic nitrogens is 1. The van der Waals surface area contributed by atoms with E-state index in [1.807, 2.05) is 12.3 Å². The average molecular weight is 251 g/mol. The Morgan fingerprint density at radius 2 is 2.17 bits per heavy atom. The van der Waals surface area contributed by atoms with E-state index in [-0.39, 0.29) is 5.56 Å². The monoisotopic (exact) mass is 251 g/mol. The molecule has 0 saturated carbocycles. The van der Waals surface area contributed by atoms with Gasteiger partial charge in [-0.1, -0.05) is 13.0 Å². The zero-order valence-corrected chi connectivity index (χ0v) is 11.7. The maximum Gasteiger partial charge on any atom is 0.250 e. The molecule has 1 N–H and O–H groups in total. The summed E-state index contributed by atoms with van der Waals surface area (Å²) >= 11 is 0. The molecule has 1 atom stereocenters. The van der Waals surface area contributed by atoms with E-state index in [9.17, 15) is 4.79 Å². The van der Waals surface area contributed by atoms with Gasteiger partial charge in [-0.2, -0.15) is 0 Å². The van der Waals surface area contributed by atoms with Crippen LogP contribution in [-0.4, -0.2) is 42.2 Å². The highest BCUT2D eigenvalue weighted by Crippen LogP contribution is 1.97. The Balaban J connectivity index is 2.16. The molecular formula is C14H25N3O. The summed E-state index contributed by atoms with van der Waals surface area (Å²) in [5, 5.41) is 3.37. The summed E-state index contributed by atoms with van der Waals surface area (Å²) in [4.78, 5) is 13.8. The molecule has 4 nitrogen and oxygen atoms in total. The average Bonchev–Trinajstić information content (AvgIpc) is 2.39. The first kappa shape index (κ1) is 14.9. The summed E-state index contributed by atoms with van der Waals surface area (Å²) in [7, 11) is 2.15. The SMILES string of the molecule is CCC(C)N(C)CCNCCn1ccccc1=O. The summed E-state index contributed by atoms with van der Waals surface area (Å²) in [6.45, 7) is 8.01. The van der Waals surface area contributed by atoms with Crippen LogP contribution in [0.4, 0.5) is 0 Å². The van der Waals surface area contributed by atoms with Crippen LogP contribution >= 0.6 is 0 Å². The first-order valence-corrected chi connectivity index (χ1v) is 6.71. The van der Waals surface area contributed by atoms with Gasteiger partial charge in [0.1, 0.15) is 0 Å². The van der Waals surface area contributed by atoms with Crippen molar-refractivity contribution in [2.75, 3.05) is 26.7 Å². The summed E-state index contributed by atoms with van der Waals surface area (Å²) in [6.07, 6.45) is 3.01. The lowest BCUT2D eigenvalue weighted by Gasteiger charge is -2.23. The predicted octanol–water partition coefficient (Wildman–Crippen LogP) is 1.17. The molecule has 0 aliphatic carbocycles. The van der Waals surface area contributed by atoms with Gasteiger partial charge in [-0.25, -0.2) is 0 Å². The highest BCUT2D eigenvalue weighted by Gasteiger charge is 2.04. The van der Waals surface area contributed by atoms with Gasteiger partial charge in [-0.05, 0) is 26.5 Å². The third kappa shape index (κ3) is 5.02. The summed E-state index contributed by atoms with van der Waals surface area (Å²) in [5.41, 5.74) is 0.0658. The number of nitrogens with one attached hydrogen (secondary N) is 1. The lowest BCUT2D eigenvalue weighted by atomic mass is 10.2. The Kier molecular flexibility index (Phi) is 6.68. The van der Waals surface area contributed by atoms with E-state index in [1.165, 1.54) is 6.42 Å². The van der Waals surface area contributed by atoms with Crippen molar-refractivity contribution in [3.05, 3.63) is 34.7 Å². The van der Waals surface area contributed by atoms with Gasteiger partial charge in [-0.3, -0.25) is 4.79 Å². The smallest absolute Gasteiger partial charge is 0.250 e. The van der Waals surface area contributed by atoms with Crippen LogP contribution in [0.1, 0.15) is 20.3 Å². The quantitative estimate of drug-likeness (QED) is 0.705. The van der Waals surface area contributed by atoms with E-state index < -0.39 is 0 Å². The minimum Gasteiger partial charge on any atom is -0.314 e. The maximum atomic E-state index is 11.4. The van der Waals surface area contributed by atoms with E-state index >= 15 is 0 Å². The van der Waals surface area contributed by atoms with Crippen LogP contribution in [0.25, 0.3) is 0 Å². The molecule has 0 aromatic carbocycles. The standard InChI is InChI=1S/C14H25N3O/c1-4-13(2)16(3)11-8-15-9-12-17-10-6-5-7-14(17)18/h5-7,10,13,15H,4,8-9,11-12H2,1-3H3. The zero-order valence-electron chi connectivity index (χ0n) is 11.7. The van der Waals surface area contributed by atoms with Crippen LogP contribution in [0.2, 0.25) is 0 Å². The van der Waals surface area contributed by atoms with Crippen LogP contribution < -0.4 is 10.9 Å². The second-order valence-corrected chi connectivity index (χ2v) is 4.72. The molecule has 1 rings (SSSR count). The Hall–Kier alpha value is -1.13. The number of rotatable bonds is 8. The van der Waals surface area contributed by atoms with E-state index in [4.69, 9.17) is 0 Å². The third-order valence-electron chi connectivity index (χ3n) is 3.41. The fourth-order valence-corrected chi connectivity index (χ4v) is 1.76. The van der Waals surface area contributed by atoms with Crippen LogP contribution in [0.3, 0.4) is 0 Å². The lowest BCUT2D eigenvalue weighted by molar-refractivity contribution is 0.251. The highest BCUT2D eigenvalue weighted by atomic mass is 16.1. The number of hydrogen-bond donors (Lipinski definition) is 1. The maximum absolute atomic E-state index is 11.4. The topological polar surface area (TPSA) is 37.3 Å². The van der Waals surface area contributed by atoms with Crippen LogP contribution in [0, 0.1) is 0 Å². The molecule has 0 saturated heterocycles. The van der Waals surface area contributed by atoms with Gasteiger partial charge in [0.05, 0.1) is 0 Å². The molecule has 1 unspecified atom stereocenters. The fraction of sp³-hybridized carbons (Fsp3) is 0.643. The largest absolute Gasteiger partial charge is 0.314 e. The molecule has 0 bridgehead atoms. The van der Waals surface area contributed by atoms with Gasteiger partial charge in [-0.15, -0.1) is 0 Å². The second-order valence-electron chi connectivity index (χ2n) is 4.72. The molecule has 18 heavy (non-hydrogen) atoms. The van der Waals surface area contributed by atoms with Gasteiger partial charge in [0.15, 0.2) is 0 Å². The number of pyridine rings is 1. The van der Waals surface area contributed by atoms with Crippen molar-refractivity contribution in [3.8, 4) is 0 Å². The zero-order chi connectivity index (χ0) is 13.4. The minimum atomic E-state index is 0.0658. The Labute approximate surface area is 110 Å². The molecule has 1 heterocycles. The molecule has 1 aromatic heterocycles. The summed E-state index contributed by atoms with van der Waals surface area (Å²) in [5.74, 6) is 0. The molecule has 0 radical (unpaired) electrons. The van der Waals surface area contributed by atoms with Gasteiger partial charge in [0.25, 0.3) is 5.56 Å². The second kappa shape index (κ2) is 8.06. The number of nitrogens with zero attached hydrogens (tertiary/aromatic N) is 2. The molecule has 0 spiro atoms. The van der Waals surface area contributed by atoms with Gasteiger partial charge in [0, 0.05) is 44.5 Å². The Morgan fingerprint density at radius 3 is 2.83 bits per heavy atom. The predicted molar refractivity (Wildman–Crippen MR) is 76.0 cm³/mol. The Bertz CT molecular complexity index is 389. The van der Waals surface area contributed by atoms with Crippen molar-refractivity contribution in [2.45, 2.75) is 32.9 Å². The lowest BCUT2D eigenvalue weighted by Crippen LogP contribution is -2.36. The van der Waals surface area contributed by atoms with Crippen LogP contribution in [-0.2, 0) is 6.54 Å². The first-order chi connectivity index (χ1) is 8.65. The molecule has 0 amide bonds. The van der Waals surface area contributed by atoms with Gasteiger partial charge in [0.2, 0.25) is 0 Å². The molecular weight excluding hydrogens is 226 g/mol. The molecule has 0 fully saturated rings. The van der Waals surface area contributed by atoms with Crippen LogP contribution in [0.15, 0.2) is 29.2 Å². The summed E-state index contributed by atoms with van der Waals surface area (Å²) < 4.78 is 1.73. The number of hydrogen-bond acceptors (Lipinski definition) is 3. The van der Waals surface area contributed by atoms with Crippen molar-refractivity contribution in [1.82, 2.24) is 14.8 Å². The molecule has 102 valence electrons. The normalized spacial score (nSPS) is 12.9. The van der Waals surface area contributed by atoms with Crippen molar-refractivity contribution >= 4 is 0 Å². The minimum absolute atomic E-state index is 0.0658. The Morgan fingerprint density at radius 1 is 1.39 bits per heavy atom. The molecule has 0 aliphatic rings. The van der Waals surface area contributed by atoms with Gasteiger partial charge < -0.3 is 14.8 Å². The van der Waals surface area contributed by atoms with E-state index in [2.05, 4.69) is 31.1 Å². The first-order valence-electron chi connectivity index (χ1n) is 6.71. The number of likely N-dealkylation sites (N-methyl/N-ethyl adjacent to an activating group) is 1. The van der Waals surface area contributed by atoms with Crippen LogP contribution in [0.5, 0.6) is 0 Å². The molecule has 4 heteroatoms. The van der Waals surface area contributed by atoms with E-state index in [0.717, 1.165) is 26.2 Å². The van der Waals surface area contributed by atoms with Crippen molar-refractivity contribution < 1.29 is 0 Å². The van der Waals surface area contributed by atoms with E-state index in [1.54, 1.807) is 16.7 Å². The van der Waals surface area contributed by atoms with Gasteiger partial charge >= 0.3 is 0 Å². The summed E-state index contributed by atoms with van der Waals surface area (Å²) in [6, 6.07) is 5.88. The van der Waals surface area contributed by atoms with Crippen molar-refractivity contribution in [2.24, 2.45) is 0 Å². The molecule has 1 aromatic rings.